The molecule has 0 radical (unpaired) electrons. The zero-order valence-electron chi connectivity index (χ0n) is 16.0. The van der Waals surface area contributed by atoms with Crippen molar-refractivity contribution in [1.29, 1.82) is 0 Å². The quantitative estimate of drug-likeness (QED) is 0.490. The van der Waals surface area contributed by atoms with Crippen molar-refractivity contribution in [3.05, 3.63) is 36.2 Å². The van der Waals surface area contributed by atoms with Crippen molar-refractivity contribution in [3.8, 4) is 0 Å². The van der Waals surface area contributed by atoms with Crippen molar-refractivity contribution in [3.63, 3.8) is 0 Å². The van der Waals surface area contributed by atoms with Crippen LogP contribution in [-0.4, -0.2) is 49.0 Å². The number of nitrogens with zero attached hydrogens (tertiary/aromatic N) is 2. The second kappa shape index (κ2) is 11.9. The molecule has 1 aliphatic rings. The smallest absolute Gasteiger partial charge is 0.243 e. The number of rotatable bonds is 10. The van der Waals surface area contributed by atoms with Crippen LogP contribution in [0.15, 0.2) is 30.6 Å². The third-order valence-electron chi connectivity index (χ3n) is 4.70. The summed E-state index contributed by atoms with van der Waals surface area (Å²) in [7, 11) is -3.10. The van der Waals surface area contributed by atoms with Gasteiger partial charge in [0.15, 0.2) is 0 Å². The maximum atomic E-state index is 12.4. The van der Waals surface area contributed by atoms with Gasteiger partial charge in [0.2, 0.25) is 15.9 Å². The zero-order valence-corrected chi connectivity index (χ0v) is 16.8. The molecule has 1 N–H and O–H groups in total. The number of aromatic nitrogens is 1. The number of hydrogen-bond donors (Lipinski definition) is 1. The van der Waals surface area contributed by atoms with Gasteiger partial charge in [-0.05, 0) is 43.4 Å². The SMILES string of the molecule is O=C(C=Cc1cccnc1)NCCCCCCS(=O)(=O)N1CCCCCC1. The molecular weight excluding hydrogens is 362 g/mol. The van der Waals surface area contributed by atoms with Crippen LogP contribution >= 0.6 is 0 Å². The summed E-state index contributed by atoms with van der Waals surface area (Å²) in [5, 5.41) is 2.85. The Morgan fingerprint density at radius 3 is 2.56 bits per heavy atom. The monoisotopic (exact) mass is 393 g/mol. The lowest BCUT2D eigenvalue weighted by molar-refractivity contribution is -0.116. The molecule has 1 amide bonds. The molecule has 0 bridgehead atoms. The fourth-order valence-corrected chi connectivity index (χ4v) is 4.77. The first kappa shape index (κ1) is 21.6. The Labute approximate surface area is 163 Å². The average Bonchev–Trinajstić information content (AvgIpc) is 2.96. The highest BCUT2D eigenvalue weighted by Crippen LogP contribution is 2.15. The Balaban J connectivity index is 1.54. The fraction of sp³-hybridized carbons (Fsp3) is 0.600. The molecular formula is C20H31N3O3S. The summed E-state index contributed by atoms with van der Waals surface area (Å²) in [5.41, 5.74) is 0.887. The van der Waals surface area contributed by atoms with Crippen molar-refractivity contribution in [2.24, 2.45) is 0 Å². The number of sulfonamides is 1. The minimum atomic E-state index is -3.10. The van der Waals surface area contributed by atoms with Gasteiger partial charge in [-0.2, -0.15) is 0 Å². The van der Waals surface area contributed by atoms with E-state index >= 15 is 0 Å². The fourth-order valence-electron chi connectivity index (χ4n) is 3.13. The normalized spacial score (nSPS) is 16.3. The van der Waals surface area contributed by atoms with Crippen molar-refractivity contribution in [1.82, 2.24) is 14.6 Å². The molecule has 150 valence electrons. The Bertz CT molecular complexity index is 682. The molecule has 2 heterocycles. The molecule has 1 aliphatic heterocycles. The lowest BCUT2D eigenvalue weighted by Gasteiger charge is -2.19. The molecule has 1 saturated heterocycles. The molecule has 2 rings (SSSR count). The van der Waals surface area contributed by atoms with Gasteiger partial charge in [-0.25, -0.2) is 12.7 Å². The predicted octanol–water partition coefficient (Wildman–Crippen LogP) is 2.98. The van der Waals surface area contributed by atoms with E-state index in [2.05, 4.69) is 10.3 Å². The van der Waals surface area contributed by atoms with E-state index in [4.69, 9.17) is 0 Å². The molecule has 1 aromatic heterocycles. The van der Waals surface area contributed by atoms with Crippen LogP contribution in [0.3, 0.4) is 0 Å². The van der Waals surface area contributed by atoms with Gasteiger partial charge in [0.25, 0.3) is 0 Å². The first-order valence-electron chi connectivity index (χ1n) is 9.92. The summed E-state index contributed by atoms with van der Waals surface area (Å²) in [6.45, 7) is 1.97. The number of nitrogens with one attached hydrogen (secondary N) is 1. The van der Waals surface area contributed by atoms with Crippen LogP contribution < -0.4 is 5.32 Å². The van der Waals surface area contributed by atoms with Gasteiger partial charge in [-0.15, -0.1) is 0 Å². The van der Waals surface area contributed by atoms with Crippen LogP contribution in [0.2, 0.25) is 0 Å². The van der Waals surface area contributed by atoms with E-state index in [9.17, 15) is 13.2 Å². The number of hydrogen-bond acceptors (Lipinski definition) is 4. The van der Waals surface area contributed by atoms with E-state index in [-0.39, 0.29) is 11.7 Å². The molecule has 0 aromatic carbocycles. The van der Waals surface area contributed by atoms with Crippen LogP contribution in [-0.2, 0) is 14.8 Å². The highest BCUT2D eigenvalue weighted by Gasteiger charge is 2.22. The summed E-state index contributed by atoms with van der Waals surface area (Å²) in [6, 6.07) is 3.71. The Morgan fingerprint density at radius 1 is 1.11 bits per heavy atom. The summed E-state index contributed by atoms with van der Waals surface area (Å²) < 4.78 is 26.4. The second-order valence-corrected chi connectivity index (χ2v) is 9.04. The maximum Gasteiger partial charge on any atom is 0.243 e. The molecule has 0 spiro atoms. The molecule has 1 aromatic rings. The lowest BCUT2D eigenvalue weighted by Crippen LogP contribution is -2.33. The minimum absolute atomic E-state index is 0.123. The molecule has 7 heteroatoms. The number of carbonyl (C=O) groups is 1. The van der Waals surface area contributed by atoms with E-state index in [0.717, 1.165) is 50.5 Å². The van der Waals surface area contributed by atoms with Crippen LogP contribution in [0, 0.1) is 0 Å². The highest BCUT2D eigenvalue weighted by atomic mass is 32.2. The molecule has 0 unspecified atom stereocenters. The predicted molar refractivity (Wildman–Crippen MR) is 109 cm³/mol. The van der Waals surface area contributed by atoms with Gasteiger partial charge < -0.3 is 5.32 Å². The number of carbonyl (C=O) groups excluding carboxylic acids is 1. The van der Waals surface area contributed by atoms with E-state index in [1.54, 1.807) is 22.8 Å². The largest absolute Gasteiger partial charge is 0.353 e. The third kappa shape index (κ3) is 8.67. The average molecular weight is 394 g/mol. The first-order chi connectivity index (χ1) is 13.1. The van der Waals surface area contributed by atoms with E-state index in [1.807, 2.05) is 12.1 Å². The maximum absolute atomic E-state index is 12.4. The van der Waals surface area contributed by atoms with Gasteiger partial charge >= 0.3 is 0 Å². The Kier molecular flexibility index (Phi) is 9.48. The highest BCUT2D eigenvalue weighted by molar-refractivity contribution is 7.89. The van der Waals surface area contributed by atoms with E-state index in [1.165, 1.54) is 6.08 Å². The van der Waals surface area contributed by atoms with Crippen LogP contribution in [0.1, 0.15) is 56.9 Å². The Morgan fingerprint density at radius 2 is 1.85 bits per heavy atom. The zero-order chi connectivity index (χ0) is 19.4. The Hall–Kier alpha value is -1.73. The van der Waals surface area contributed by atoms with Crippen molar-refractivity contribution in [2.45, 2.75) is 51.4 Å². The molecule has 0 atom stereocenters. The number of pyridine rings is 1. The van der Waals surface area contributed by atoms with Gasteiger partial charge in [0.05, 0.1) is 5.75 Å². The molecule has 1 fully saturated rings. The molecule has 0 aliphatic carbocycles. The van der Waals surface area contributed by atoms with Gasteiger partial charge in [0, 0.05) is 38.1 Å². The van der Waals surface area contributed by atoms with E-state index in [0.29, 0.717) is 26.1 Å². The van der Waals surface area contributed by atoms with Gasteiger partial charge in [-0.3, -0.25) is 9.78 Å². The summed E-state index contributed by atoms with van der Waals surface area (Å²) >= 11 is 0. The third-order valence-corrected chi connectivity index (χ3v) is 6.65. The number of unbranched alkanes of at least 4 members (excludes halogenated alkanes) is 3. The van der Waals surface area contributed by atoms with Gasteiger partial charge in [0.1, 0.15) is 0 Å². The minimum Gasteiger partial charge on any atom is -0.353 e. The summed E-state index contributed by atoms with van der Waals surface area (Å²) in [5.74, 6) is 0.121. The molecule has 6 nitrogen and oxygen atoms in total. The van der Waals surface area contributed by atoms with Crippen molar-refractivity contribution < 1.29 is 13.2 Å². The van der Waals surface area contributed by atoms with Gasteiger partial charge in [-0.1, -0.05) is 31.7 Å². The molecule has 0 saturated carbocycles. The van der Waals surface area contributed by atoms with Crippen molar-refractivity contribution >= 4 is 22.0 Å². The first-order valence-corrected chi connectivity index (χ1v) is 11.5. The molecule has 27 heavy (non-hydrogen) atoms. The van der Waals surface area contributed by atoms with Crippen LogP contribution in [0.5, 0.6) is 0 Å². The second-order valence-electron chi connectivity index (χ2n) is 6.95. The van der Waals surface area contributed by atoms with E-state index < -0.39 is 10.0 Å². The van der Waals surface area contributed by atoms with Crippen molar-refractivity contribution in [2.75, 3.05) is 25.4 Å². The standard InChI is InChI=1S/C20H31N3O3S/c24-20(12-11-19-10-9-13-21-18-19)22-14-5-1-4-8-17-27(25,26)23-15-6-2-3-7-16-23/h9-13,18H,1-8,14-17H2,(H,22,24). The summed E-state index contributed by atoms with van der Waals surface area (Å²) in [6.07, 6.45) is 14.2. The van der Waals surface area contributed by atoms with Crippen LogP contribution in [0.25, 0.3) is 6.08 Å². The van der Waals surface area contributed by atoms with Crippen LogP contribution in [0.4, 0.5) is 0 Å². The number of amides is 1. The topological polar surface area (TPSA) is 79.4 Å². The summed E-state index contributed by atoms with van der Waals surface area (Å²) in [4.78, 5) is 15.7. The lowest BCUT2D eigenvalue weighted by atomic mass is 10.2.